The van der Waals surface area contributed by atoms with Crippen LogP contribution in [0.3, 0.4) is 0 Å². The van der Waals surface area contributed by atoms with Crippen LogP contribution in [0.4, 0.5) is 0 Å². The Bertz CT molecular complexity index is 184. The van der Waals surface area contributed by atoms with Crippen LogP contribution in [-0.4, -0.2) is 12.6 Å². The summed E-state index contributed by atoms with van der Waals surface area (Å²) in [6.07, 6.45) is 2.85. The predicted molar refractivity (Wildman–Crippen MR) is 49.9 cm³/mol. The van der Waals surface area contributed by atoms with E-state index in [-0.39, 0.29) is 11.9 Å². The Morgan fingerprint density at radius 3 is 2.62 bits per heavy atom. The van der Waals surface area contributed by atoms with E-state index < -0.39 is 0 Å². The second kappa shape index (κ2) is 7.60. The standard InChI is InChI=1S/C10H17NO2/c1-3-5-9(8-11)6-7-10(12)13-4-2/h9H,3-7H2,1-2H3. The summed E-state index contributed by atoms with van der Waals surface area (Å²) in [5, 5.41) is 8.70. The van der Waals surface area contributed by atoms with Crippen LogP contribution in [0, 0.1) is 17.2 Å². The van der Waals surface area contributed by atoms with Crippen molar-refractivity contribution >= 4 is 5.97 Å². The smallest absolute Gasteiger partial charge is 0.305 e. The number of carbonyl (C=O) groups is 1. The summed E-state index contributed by atoms with van der Waals surface area (Å²) in [7, 11) is 0. The van der Waals surface area contributed by atoms with Gasteiger partial charge in [0.2, 0.25) is 0 Å². The largest absolute Gasteiger partial charge is 0.466 e. The quantitative estimate of drug-likeness (QED) is 0.593. The number of ether oxygens (including phenoxy) is 1. The topological polar surface area (TPSA) is 50.1 Å². The van der Waals surface area contributed by atoms with Crippen molar-refractivity contribution in [3.63, 3.8) is 0 Å². The second-order valence-electron chi connectivity index (χ2n) is 2.96. The van der Waals surface area contributed by atoms with E-state index in [0.29, 0.717) is 19.4 Å². The lowest BCUT2D eigenvalue weighted by atomic mass is 10.00. The van der Waals surface area contributed by atoms with Gasteiger partial charge in [0.25, 0.3) is 0 Å². The maximum atomic E-state index is 10.9. The fraction of sp³-hybridized carbons (Fsp3) is 0.800. The lowest BCUT2D eigenvalue weighted by molar-refractivity contribution is -0.143. The third-order valence-corrected chi connectivity index (χ3v) is 1.82. The zero-order valence-corrected chi connectivity index (χ0v) is 8.38. The number of hydrogen-bond donors (Lipinski definition) is 0. The van der Waals surface area contributed by atoms with Crippen molar-refractivity contribution in [2.45, 2.75) is 39.5 Å². The van der Waals surface area contributed by atoms with Crippen LogP contribution < -0.4 is 0 Å². The molecule has 0 fully saturated rings. The molecule has 0 aliphatic heterocycles. The van der Waals surface area contributed by atoms with Crippen LogP contribution in [0.1, 0.15) is 39.5 Å². The first-order chi connectivity index (χ1) is 6.24. The molecule has 1 atom stereocenters. The lowest BCUT2D eigenvalue weighted by Gasteiger charge is -2.06. The first-order valence-corrected chi connectivity index (χ1v) is 4.79. The monoisotopic (exact) mass is 183 g/mol. The number of carbonyl (C=O) groups excluding carboxylic acids is 1. The summed E-state index contributed by atoms with van der Waals surface area (Å²) in [6.45, 7) is 4.24. The third-order valence-electron chi connectivity index (χ3n) is 1.82. The molecule has 13 heavy (non-hydrogen) atoms. The Kier molecular flexibility index (Phi) is 6.99. The minimum Gasteiger partial charge on any atom is -0.466 e. The van der Waals surface area contributed by atoms with Gasteiger partial charge in [-0.3, -0.25) is 4.79 Å². The molecule has 0 amide bonds. The fourth-order valence-corrected chi connectivity index (χ4v) is 1.15. The van der Waals surface area contributed by atoms with Crippen molar-refractivity contribution in [1.29, 1.82) is 5.26 Å². The van der Waals surface area contributed by atoms with Gasteiger partial charge in [0.1, 0.15) is 0 Å². The minimum absolute atomic E-state index is 0.00871. The molecule has 74 valence electrons. The number of esters is 1. The van der Waals surface area contributed by atoms with Crippen LogP contribution in [0.5, 0.6) is 0 Å². The van der Waals surface area contributed by atoms with E-state index in [0.717, 1.165) is 12.8 Å². The van der Waals surface area contributed by atoms with E-state index in [1.807, 2.05) is 6.92 Å². The SMILES string of the molecule is CCCC(C#N)CCC(=O)OCC. The molecule has 0 N–H and O–H groups in total. The molecule has 3 nitrogen and oxygen atoms in total. The molecule has 0 radical (unpaired) electrons. The van der Waals surface area contributed by atoms with Crippen LogP contribution >= 0.6 is 0 Å². The summed E-state index contributed by atoms with van der Waals surface area (Å²) in [5.74, 6) is -0.187. The predicted octanol–water partition coefficient (Wildman–Crippen LogP) is 2.27. The molecule has 0 aromatic carbocycles. The Morgan fingerprint density at radius 1 is 1.46 bits per heavy atom. The molecular formula is C10H17NO2. The van der Waals surface area contributed by atoms with Gasteiger partial charge in [-0.15, -0.1) is 0 Å². The molecule has 0 aromatic heterocycles. The van der Waals surface area contributed by atoms with Gasteiger partial charge in [0.15, 0.2) is 0 Å². The first-order valence-electron chi connectivity index (χ1n) is 4.79. The highest BCUT2D eigenvalue weighted by Crippen LogP contribution is 2.12. The van der Waals surface area contributed by atoms with E-state index in [4.69, 9.17) is 10.00 Å². The number of nitriles is 1. The first kappa shape index (κ1) is 12.0. The van der Waals surface area contributed by atoms with E-state index in [1.165, 1.54) is 0 Å². The van der Waals surface area contributed by atoms with E-state index in [2.05, 4.69) is 6.07 Å². The maximum Gasteiger partial charge on any atom is 0.305 e. The Labute approximate surface area is 79.7 Å². The molecule has 0 aromatic rings. The maximum absolute atomic E-state index is 10.9. The fourth-order valence-electron chi connectivity index (χ4n) is 1.15. The average molecular weight is 183 g/mol. The van der Waals surface area contributed by atoms with Gasteiger partial charge in [-0.25, -0.2) is 0 Å². The van der Waals surface area contributed by atoms with Crippen molar-refractivity contribution in [3.8, 4) is 6.07 Å². The summed E-state index contributed by atoms with van der Waals surface area (Å²) in [4.78, 5) is 10.9. The number of hydrogen-bond acceptors (Lipinski definition) is 3. The van der Waals surface area contributed by atoms with Gasteiger partial charge in [0, 0.05) is 12.3 Å². The molecule has 1 unspecified atom stereocenters. The van der Waals surface area contributed by atoms with Crippen LogP contribution in [0.2, 0.25) is 0 Å². The minimum atomic E-state index is -0.196. The highest BCUT2D eigenvalue weighted by molar-refractivity contribution is 5.69. The van der Waals surface area contributed by atoms with Gasteiger partial charge in [-0.05, 0) is 19.8 Å². The van der Waals surface area contributed by atoms with Gasteiger partial charge >= 0.3 is 5.97 Å². The second-order valence-corrected chi connectivity index (χ2v) is 2.96. The molecule has 0 rings (SSSR count). The molecule has 0 bridgehead atoms. The van der Waals surface area contributed by atoms with Crippen molar-refractivity contribution < 1.29 is 9.53 Å². The zero-order valence-electron chi connectivity index (χ0n) is 8.38. The van der Waals surface area contributed by atoms with E-state index >= 15 is 0 Å². The highest BCUT2D eigenvalue weighted by Gasteiger charge is 2.09. The summed E-state index contributed by atoms with van der Waals surface area (Å²) in [6, 6.07) is 2.19. The molecule has 0 aliphatic carbocycles. The van der Waals surface area contributed by atoms with Gasteiger partial charge in [0.05, 0.1) is 12.7 Å². The Morgan fingerprint density at radius 2 is 2.15 bits per heavy atom. The zero-order chi connectivity index (χ0) is 10.1. The lowest BCUT2D eigenvalue weighted by Crippen LogP contribution is -2.07. The van der Waals surface area contributed by atoms with Crippen LogP contribution in [-0.2, 0) is 9.53 Å². The van der Waals surface area contributed by atoms with Crippen LogP contribution in [0.15, 0.2) is 0 Å². The molecule has 0 aliphatic rings. The average Bonchev–Trinajstić information content (AvgIpc) is 2.12. The molecular weight excluding hydrogens is 166 g/mol. The molecule has 3 heteroatoms. The van der Waals surface area contributed by atoms with Gasteiger partial charge in [-0.1, -0.05) is 13.3 Å². The van der Waals surface area contributed by atoms with E-state index in [9.17, 15) is 4.79 Å². The third kappa shape index (κ3) is 6.15. The molecule has 0 spiro atoms. The van der Waals surface area contributed by atoms with Crippen molar-refractivity contribution in [2.75, 3.05) is 6.61 Å². The summed E-state index contributed by atoms with van der Waals surface area (Å²) >= 11 is 0. The summed E-state index contributed by atoms with van der Waals surface area (Å²) < 4.78 is 4.77. The molecule has 0 saturated carbocycles. The van der Waals surface area contributed by atoms with Gasteiger partial charge < -0.3 is 4.74 Å². The molecule has 0 saturated heterocycles. The summed E-state index contributed by atoms with van der Waals surface area (Å²) in [5.41, 5.74) is 0. The number of nitrogens with zero attached hydrogens (tertiary/aromatic N) is 1. The van der Waals surface area contributed by atoms with Crippen molar-refractivity contribution in [2.24, 2.45) is 5.92 Å². The van der Waals surface area contributed by atoms with Crippen LogP contribution in [0.25, 0.3) is 0 Å². The van der Waals surface area contributed by atoms with Crippen molar-refractivity contribution in [1.82, 2.24) is 0 Å². The Hall–Kier alpha value is -1.04. The van der Waals surface area contributed by atoms with Crippen molar-refractivity contribution in [3.05, 3.63) is 0 Å². The molecule has 0 heterocycles. The number of rotatable bonds is 6. The normalized spacial score (nSPS) is 11.8. The van der Waals surface area contributed by atoms with E-state index in [1.54, 1.807) is 6.92 Å². The Balaban J connectivity index is 3.60. The highest BCUT2D eigenvalue weighted by atomic mass is 16.5. The van der Waals surface area contributed by atoms with Gasteiger partial charge in [-0.2, -0.15) is 5.26 Å².